The molecule has 1 fully saturated rings. The Morgan fingerprint density at radius 1 is 1.19 bits per heavy atom. The van der Waals surface area contributed by atoms with Crippen LogP contribution >= 0.6 is 0 Å². The number of aromatic nitrogens is 2. The zero-order valence-corrected chi connectivity index (χ0v) is 20.1. The number of hydrogen-bond acceptors (Lipinski definition) is 5. The Morgan fingerprint density at radius 2 is 1.97 bits per heavy atom. The van der Waals surface area contributed by atoms with Crippen molar-refractivity contribution in [1.82, 2.24) is 19.4 Å². The first-order valence-corrected chi connectivity index (χ1v) is 13.3. The quantitative estimate of drug-likeness (QED) is 0.529. The molecule has 0 spiro atoms. The number of nitrogens with zero attached hydrogens (tertiary/aromatic N) is 4. The molecule has 7 heteroatoms. The van der Waals surface area contributed by atoms with E-state index in [4.69, 9.17) is 0 Å². The zero-order chi connectivity index (χ0) is 22.3. The SMILES string of the molecule is CCN1CCCC(CN(C)Cc2cnc(S(=O)(=O)CC)n2CCCc2ccccc2)C1. The number of rotatable bonds is 11. The molecule has 2 aromatic rings. The second kappa shape index (κ2) is 11.2. The summed E-state index contributed by atoms with van der Waals surface area (Å²) in [7, 11) is -1.21. The molecule has 0 radical (unpaired) electrons. The molecular formula is C24H38N4O2S. The van der Waals surface area contributed by atoms with Gasteiger partial charge in [0.05, 0.1) is 17.6 Å². The molecule has 1 saturated heterocycles. The van der Waals surface area contributed by atoms with E-state index >= 15 is 0 Å². The van der Waals surface area contributed by atoms with E-state index in [-0.39, 0.29) is 10.9 Å². The number of aryl methyl sites for hydroxylation is 1. The molecule has 172 valence electrons. The van der Waals surface area contributed by atoms with Gasteiger partial charge in [0, 0.05) is 26.2 Å². The maximum atomic E-state index is 12.6. The summed E-state index contributed by atoms with van der Waals surface area (Å²) in [6.45, 7) is 9.83. The van der Waals surface area contributed by atoms with Gasteiger partial charge in [-0.15, -0.1) is 0 Å². The highest BCUT2D eigenvalue weighted by Gasteiger charge is 2.24. The van der Waals surface area contributed by atoms with Crippen LogP contribution in [0.15, 0.2) is 41.7 Å². The molecule has 3 rings (SSSR count). The van der Waals surface area contributed by atoms with E-state index in [0.29, 0.717) is 12.5 Å². The van der Waals surface area contributed by atoms with Gasteiger partial charge in [0.15, 0.2) is 0 Å². The minimum absolute atomic E-state index is 0.0763. The van der Waals surface area contributed by atoms with Crippen molar-refractivity contribution in [2.75, 3.05) is 39.0 Å². The molecule has 6 nitrogen and oxygen atoms in total. The number of piperidine rings is 1. The van der Waals surface area contributed by atoms with Crippen LogP contribution in [-0.4, -0.2) is 66.7 Å². The van der Waals surface area contributed by atoms with Crippen LogP contribution in [0.25, 0.3) is 0 Å². The summed E-state index contributed by atoms with van der Waals surface area (Å²) in [5.74, 6) is 0.749. The highest BCUT2D eigenvalue weighted by atomic mass is 32.2. The van der Waals surface area contributed by atoms with E-state index in [0.717, 1.165) is 44.7 Å². The van der Waals surface area contributed by atoms with Crippen molar-refractivity contribution in [3.63, 3.8) is 0 Å². The first kappa shape index (κ1) is 24.0. The van der Waals surface area contributed by atoms with Gasteiger partial charge >= 0.3 is 0 Å². The molecule has 1 aromatic heterocycles. The molecule has 1 aliphatic rings. The predicted molar refractivity (Wildman–Crippen MR) is 126 cm³/mol. The molecule has 1 atom stereocenters. The topological polar surface area (TPSA) is 58.4 Å². The monoisotopic (exact) mass is 446 g/mol. The fourth-order valence-corrected chi connectivity index (χ4v) is 5.61. The van der Waals surface area contributed by atoms with Crippen molar-refractivity contribution in [2.45, 2.75) is 57.8 Å². The minimum atomic E-state index is -3.35. The highest BCUT2D eigenvalue weighted by Crippen LogP contribution is 2.20. The summed E-state index contributed by atoms with van der Waals surface area (Å²) in [6.07, 6.45) is 6.11. The normalized spacial score (nSPS) is 18.0. The predicted octanol–water partition coefficient (Wildman–Crippen LogP) is 3.47. The van der Waals surface area contributed by atoms with Crippen LogP contribution in [0.5, 0.6) is 0 Å². The molecular weight excluding hydrogens is 408 g/mol. The molecule has 31 heavy (non-hydrogen) atoms. The third-order valence-corrected chi connectivity index (χ3v) is 7.94. The Hall–Kier alpha value is -1.70. The van der Waals surface area contributed by atoms with E-state index in [1.807, 2.05) is 22.8 Å². The first-order chi connectivity index (χ1) is 14.9. The molecule has 1 aromatic carbocycles. The Kier molecular flexibility index (Phi) is 8.69. The third-order valence-electron chi connectivity index (χ3n) is 6.30. The fourth-order valence-electron chi connectivity index (χ4n) is 4.59. The second-order valence-corrected chi connectivity index (χ2v) is 10.9. The first-order valence-electron chi connectivity index (χ1n) is 11.6. The van der Waals surface area contributed by atoms with E-state index in [2.05, 4.69) is 40.9 Å². The number of sulfone groups is 1. The van der Waals surface area contributed by atoms with Gasteiger partial charge in [0.25, 0.3) is 0 Å². The Bertz CT molecular complexity index is 911. The summed E-state index contributed by atoms with van der Waals surface area (Å²) in [4.78, 5) is 9.21. The van der Waals surface area contributed by atoms with Crippen molar-refractivity contribution < 1.29 is 8.42 Å². The van der Waals surface area contributed by atoms with Crippen LogP contribution in [0, 0.1) is 5.92 Å². The maximum Gasteiger partial charge on any atom is 0.227 e. The van der Waals surface area contributed by atoms with E-state index in [9.17, 15) is 8.42 Å². The van der Waals surface area contributed by atoms with Gasteiger partial charge in [-0.05, 0) is 57.3 Å². The summed E-state index contributed by atoms with van der Waals surface area (Å²) in [5, 5.41) is 0.223. The maximum absolute atomic E-state index is 12.6. The van der Waals surface area contributed by atoms with Crippen LogP contribution in [0.3, 0.4) is 0 Å². The van der Waals surface area contributed by atoms with Crippen molar-refractivity contribution in [3.8, 4) is 0 Å². The fraction of sp³-hybridized carbons (Fsp3) is 0.625. The molecule has 0 amide bonds. The van der Waals surface area contributed by atoms with Gasteiger partial charge in [-0.3, -0.25) is 0 Å². The summed E-state index contributed by atoms with van der Waals surface area (Å²) >= 11 is 0. The van der Waals surface area contributed by atoms with Crippen LogP contribution in [-0.2, 0) is 29.3 Å². The Balaban J connectivity index is 1.68. The number of imidazole rings is 1. The zero-order valence-electron chi connectivity index (χ0n) is 19.3. The summed E-state index contributed by atoms with van der Waals surface area (Å²) in [5.41, 5.74) is 2.27. The highest BCUT2D eigenvalue weighted by molar-refractivity contribution is 7.91. The van der Waals surface area contributed by atoms with Crippen LogP contribution in [0.4, 0.5) is 0 Å². The molecule has 1 aliphatic heterocycles. The third kappa shape index (κ3) is 6.64. The largest absolute Gasteiger partial charge is 0.318 e. The molecule has 2 heterocycles. The number of benzene rings is 1. The van der Waals surface area contributed by atoms with Crippen LogP contribution < -0.4 is 0 Å². The van der Waals surface area contributed by atoms with E-state index in [1.165, 1.54) is 24.9 Å². The van der Waals surface area contributed by atoms with Crippen molar-refractivity contribution >= 4 is 9.84 Å². The van der Waals surface area contributed by atoms with E-state index < -0.39 is 9.84 Å². The average molecular weight is 447 g/mol. The molecule has 1 unspecified atom stereocenters. The molecule has 0 saturated carbocycles. The lowest BCUT2D eigenvalue weighted by Gasteiger charge is -2.34. The van der Waals surface area contributed by atoms with Gasteiger partial charge in [0.1, 0.15) is 0 Å². The van der Waals surface area contributed by atoms with Crippen LogP contribution in [0.1, 0.15) is 44.4 Å². The molecule has 0 N–H and O–H groups in total. The van der Waals surface area contributed by atoms with Gasteiger partial charge in [0.2, 0.25) is 15.0 Å². The average Bonchev–Trinajstić information content (AvgIpc) is 3.17. The lowest BCUT2D eigenvalue weighted by molar-refractivity contribution is 0.145. The Labute approximate surface area is 188 Å². The Morgan fingerprint density at radius 3 is 2.68 bits per heavy atom. The van der Waals surface area contributed by atoms with Gasteiger partial charge in [-0.25, -0.2) is 13.4 Å². The lowest BCUT2D eigenvalue weighted by atomic mass is 9.97. The van der Waals surface area contributed by atoms with Gasteiger partial charge in [-0.2, -0.15) is 0 Å². The van der Waals surface area contributed by atoms with Crippen molar-refractivity contribution in [1.29, 1.82) is 0 Å². The minimum Gasteiger partial charge on any atom is -0.318 e. The van der Waals surface area contributed by atoms with Crippen molar-refractivity contribution in [3.05, 3.63) is 47.8 Å². The second-order valence-electron chi connectivity index (χ2n) is 8.77. The summed E-state index contributed by atoms with van der Waals surface area (Å²) in [6, 6.07) is 10.4. The molecule has 0 bridgehead atoms. The van der Waals surface area contributed by atoms with E-state index in [1.54, 1.807) is 13.1 Å². The smallest absolute Gasteiger partial charge is 0.227 e. The number of hydrogen-bond donors (Lipinski definition) is 0. The van der Waals surface area contributed by atoms with Crippen molar-refractivity contribution in [2.24, 2.45) is 5.92 Å². The lowest BCUT2D eigenvalue weighted by Crippen LogP contribution is -2.39. The van der Waals surface area contributed by atoms with Gasteiger partial charge in [-0.1, -0.05) is 44.2 Å². The van der Waals surface area contributed by atoms with Crippen LogP contribution in [0.2, 0.25) is 0 Å². The summed E-state index contributed by atoms with van der Waals surface area (Å²) < 4.78 is 27.2. The number of likely N-dealkylation sites (tertiary alicyclic amines) is 1. The molecule has 0 aliphatic carbocycles. The standard InChI is InChI=1S/C24H38N4O2S/c1-4-27-15-9-14-22(19-27)18-26(3)20-23-17-25-24(31(29,30)5-2)28(23)16-10-13-21-11-7-6-8-12-21/h6-8,11-12,17,22H,4-5,9-10,13-16,18-20H2,1-3H3. The van der Waals surface area contributed by atoms with Gasteiger partial charge < -0.3 is 14.4 Å².